The van der Waals surface area contributed by atoms with Crippen molar-refractivity contribution in [3.8, 4) is 33.6 Å². The molecule has 2 nitrogen and oxygen atoms in total. The molecule has 2 heteroatoms. The smallest absolute Gasteiger partial charge is 0.0541 e. The molecule has 0 amide bonds. The molecule has 72 heavy (non-hydrogen) atoms. The molecule has 0 spiro atoms. The van der Waals surface area contributed by atoms with Gasteiger partial charge in [-0.3, -0.25) is 0 Å². The average Bonchev–Trinajstić information content (AvgIpc) is 3.91. The van der Waals surface area contributed by atoms with Crippen LogP contribution in [0.1, 0.15) is 171 Å². The maximum atomic E-state index is 2.63. The molecule has 0 aliphatic heterocycles. The van der Waals surface area contributed by atoms with Gasteiger partial charge in [-0.15, -0.1) is 0 Å². The number of rotatable bonds is 4. The van der Waals surface area contributed by atoms with Gasteiger partial charge in [0.1, 0.15) is 0 Å². The van der Waals surface area contributed by atoms with E-state index >= 15 is 0 Å². The molecule has 0 bridgehead atoms. The number of allylic oxidation sites excluding steroid dienone is 1. The van der Waals surface area contributed by atoms with Crippen LogP contribution < -0.4 is 0 Å². The number of hydrogen-bond acceptors (Lipinski definition) is 0. The molecule has 1 atom stereocenters. The molecule has 0 radical (unpaired) electrons. The summed E-state index contributed by atoms with van der Waals surface area (Å²) in [5, 5.41) is 3.98. The van der Waals surface area contributed by atoms with Crippen LogP contribution in [-0.4, -0.2) is 9.13 Å². The van der Waals surface area contributed by atoms with Crippen molar-refractivity contribution in [2.45, 2.75) is 156 Å². The molecule has 364 valence electrons. The van der Waals surface area contributed by atoms with Crippen molar-refractivity contribution in [2.75, 3.05) is 0 Å². The normalized spacial score (nSPS) is 16.4. The molecule has 1 unspecified atom stereocenters. The Morgan fingerprint density at radius 1 is 0.458 bits per heavy atom. The summed E-state index contributed by atoms with van der Waals surface area (Å²) in [7, 11) is 0. The summed E-state index contributed by atoms with van der Waals surface area (Å²) in [4.78, 5) is 0. The highest BCUT2D eigenvalue weighted by Crippen LogP contribution is 2.51. The molecule has 0 saturated carbocycles. The standard InChI is InChI=1S/C70H74N2/c1-66(2,3)45-21-20-43-35-44(51-27-22-46(67(4,5)6)37-55(51)54(43)36-45)33-42-19-29-62-56(34-42)59-40-49(26-32-65(59)72(62)50-25-28-53-52-17-15-16-18-60(52)70(13,14)61(53)41-50)71-63-30-23-47(68(7,8)9)38-57(63)58-39-48(69(10,11)12)24-31-64(58)71/h15-18,20-28,30-32,34,36-41,44H,19,29,33,35H2,1-14H3. The van der Waals surface area contributed by atoms with Gasteiger partial charge in [0, 0.05) is 44.2 Å². The lowest BCUT2D eigenvalue weighted by atomic mass is 9.72. The fourth-order valence-corrected chi connectivity index (χ4v) is 12.9. The highest BCUT2D eigenvalue weighted by Gasteiger charge is 2.36. The van der Waals surface area contributed by atoms with Gasteiger partial charge in [-0.05, 0) is 175 Å². The fraction of sp³-hybridized carbons (Fsp3) is 0.343. The summed E-state index contributed by atoms with van der Waals surface area (Å²) < 4.78 is 5.17. The van der Waals surface area contributed by atoms with E-state index in [1.54, 1.807) is 5.57 Å². The molecule has 0 N–H and O–H groups in total. The largest absolute Gasteiger partial charge is 0.313 e. The van der Waals surface area contributed by atoms with E-state index in [0.29, 0.717) is 5.92 Å². The zero-order chi connectivity index (χ0) is 50.6. The molecular weight excluding hydrogens is 869 g/mol. The quantitative estimate of drug-likeness (QED) is 0.166. The van der Waals surface area contributed by atoms with Crippen LogP contribution in [0.5, 0.6) is 0 Å². The average molecular weight is 943 g/mol. The predicted molar refractivity (Wildman–Crippen MR) is 309 cm³/mol. The van der Waals surface area contributed by atoms with Gasteiger partial charge in [0.15, 0.2) is 0 Å². The second-order valence-electron chi connectivity index (χ2n) is 26.7. The molecule has 3 aliphatic carbocycles. The van der Waals surface area contributed by atoms with Gasteiger partial charge in [-0.1, -0.05) is 187 Å². The number of benzene rings is 7. The van der Waals surface area contributed by atoms with Crippen LogP contribution in [0.15, 0.2) is 139 Å². The first-order valence-electron chi connectivity index (χ1n) is 26.9. The summed E-state index contributed by atoms with van der Waals surface area (Å²) >= 11 is 0. The van der Waals surface area contributed by atoms with Crippen molar-refractivity contribution < 1.29 is 0 Å². The van der Waals surface area contributed by atoms with Gasteiger partial charge < -0.3 is 9.13 Å². The molecule has 2 heterocycles. The van der Waals surface area contributed by atoms with Gasteiger partial charge in [-0.25, -0.2) is 0 Å². The fourth-order valence-electron chi connectivity index (χ4n) is 12.9. The van der Waals surface area contributed by atoms with Crippen molar-refractivity contribution in [3.05, 3.63) is 195 Å². The first-order chi connectivity index (χ1) is 33.9. The van der Waals surface area contributed by atoms with E-state index in [-0.39, 0.29) is 27.1 Å². The topological polar surface area (TPSA) is 9.86 Å². The monoisotopic (exact) mass is 943 g/mol. The maximum absolute atomic E-state index is 2.63. The molecule has 2 aromatic heterocycles. The summed E-state index contributed by atoms with van der Waals surface area (Å²) in [6.07, 6.45) is 6.80. The number of fused-ring (bicyclic) bond motifs is 12. The van der Waals surface area contributed by atoms with E-state index in [1.807, 2.05) is 0 Å². The SMILES string of the molecule is CC(C)(C)c1ccc2c(c1)-c1cc(C(C)(C)C)ccc1C(CC1=Cc3c(n(-c4ccc5c(c4)C(C)(C)c4ccccc4-5)c4ccc(-n5c6ccc(C(C)(C)C)cc6c6cc(C(C)(C)C)ccc65)cc34)CC1)C2. The van der Waals surface area contributed by atoms with E-state index in [0.717, 1.165) is 25.7 Å². The van der Waals surface area contributed by atoms with Gasteiger partial charge in [0.25, 0.3) is 0 Å². The molecule has 0 fully saturated rings. The first-order valence-corrected chi connectivity index (χ1v) is 26.9. The molecular formula is C70H74N2. The van der Waals surface area contributed by atoms with E-state index in [1.165, 1.54) is 122 Å². The van der Waals surface area contributed by atoms with Crippen LogP contribution in [-0.2, 0) is 39.9 Å². The van der Waals surface area contributed by atoms with Gasteiger partial charge in [0.2, 0.25) is 0 Å². The molecule has 0 saturated heterocycles. The van der Waals surface area contributed by atoms with Gasteiger partial charge in [0.05, 0.1) is 16.6 Å². The predicted octanol–water partition coefficient (Wildman–Crippen LogP) is 19.0. The van der Waals surface area contributed by atoms with E-state index in [2.05, 4.69) is 246 Å². The summed E-state index contributed by atoms with van der Waals surface area (Å²) in [5.41, 5.74) is 27.8. The summed E-state index contributed by atoms with van der Waals surface area (Å²) in [6, 6.07) is 52.9. The Morgan fingerprint density at radius 2 is 0.986 bits per heavy atom. The Balaban J connectivity index is 1.04. The van der Waals surface area contributed by atoms with Crippen LogP contribution in [0.2, 0.25) is 0 Å². The van der Waals surface area contributed by atoms with Crippen molar-refractivity contribution in [2.24, 2.45) is 0 Å². The van der Waals surface area contributed by atoms with Crippen LogP contribution >= 0.6 is 0 Å². The molecule has 9 aromatic rings. The van der Waals surface area contributed by atoms with Crippen molar-refractivity contribution >= 4 is 38.8 Å². The second-order valence-corrected chi connectivity index (χ2v) is 26.7. The third-order valence-electron chi connectivity index (χ3n) is 17.3. The highest BCUT2D eigenvalue weighted by molar-refractivity contribution is 6.10. The van der Waals surface area contributed by atoms with Crippen LogP contribution in [0, 0.1) is 0 Å². The Bertz CT molecular complexity index is 3680. The van der Waals surface area contributed by atoms with Crippen molar-refractivity contribution in [3.63, 3.8) is 0 Å². The maximum Gasteiger partial charge on any atom is 0.0541 e. The number of nitrogens with zero attached hydrogens (tertiary/aromatic N) is 2. The van der Waals surface area contributed by atoms with Crippen LogP contribution in [0.3, 0.4) is 0 Å². The highest BCUT2D eigenvalue weighted by atomic mass is 15.0. The lowest BCUT2D eigenvalue weighted by molar-refractivity contribution is 0.585. The minimum absolute atomic E-state index is 0.0407. The van der Waals surface area contributed by atoms with Crippen LogP contribution in [0.25, 0.3) is 72.4 Å². The first kappa shape index (κ1) is 46.7. The van der Waals surface area contributed by atoms with Crippen LogP contribution in [0.4, 0.5) is 0 Å². The Hall–Kier alpha value is -6.38. The second kappa shape index (κ2) is 15.8. The van der Waals surface area contributed by atoms with Gasteiger partial charge in [-0.2, -0.15) is 0 Å². The third kappa shape index (κ3) is 7.40. The molecule has 7 aromatic carbocycles. The zero-order valence-electron chi connectivity index (χ0n) is 45.6. The van der Waals surface area contributed by atoms with E-state index in [4.69, 9.17) is 0 Å². The lowest BCUT2D eigenvalue weighted by Crippen LogP contribution is -2.18. The lowest BCUT2D eigenvalue weighted by Gasteiger charge is -2.32. The van der Waals surface area contributed by atoms with E-state index < -0.39 is 0 Å². The van der Waals surface area contributed by atoms with Gasteiger partial charge >= 0.3 is 0 Å². The summed E-state index contributed by atoms with van der Waals surface area (Å²) in [6.45, 7) is 32.9. The zero-order valence-corrected chi connectivity index (χ0v) is 45.6. The Labute approximate surface area is 429 Å². The van der Waals surface area contributed by atoms with Crippen molar-refractivity contribution in [1.82, 2.24) is 9.13 Å². The third-order valence-corrected chi connectivity index (χ3v) is 17.3. The minimum Gasteiger partial charge on any atom is -0.313 e. The number of aromatic nitrogens is 2. The number of hydrogen-bond donors (Lipinski definition) is 0. The van der Waals surface area contributed by atoms with Crippen molar-refractivity contribution in [1.29, 1.82) is 0 Å². The van der Waals surface area contributed by atoms with E-state index in [9.17, 15) is 0 Å². The minimum atomic E-state index is -0.0850. The molecule has 12 rings (SSSR count). The molecule has 3 aliphatic rings. The Kier molecular flexibility index (Phi) is 10.2. The Morgan fingerprint density at radius 3 is 1.64 bits per heavy atom. The summed E-state index contributed by atoms with van der Waals surface area (Å²) in [5.74, 6) is 0.410.